The molecule has 3 rings (SSSR count). The van der Waals surface area contributed by atoms with Gasteiger partial charge in [-0.15, -0.1) is 0 Å². The maximum absolute atomic E-state index is 6.11. The summed E-state index contributed by atoms with van der Waals surface area (Å²) in [6, 6.07) is 7.67. The van der Waals surface area contributed by atoms with E-state index in [0.717, 1.165) is 24.2 Å². The summed E-state index contributed by atoms with van der Waals surface area (Å²) < 4.78 is 11.2. The second kappa shape index (κ2) is 4.90. The van der Waals surface area contributed by atoms with E-state index in [4.69, 9.17) is 26.6 Å². The number of hydrazine groups is 1. The number of hydrogen-bond acceptors (Lipinski definition) is 4. The highest BCUT2D eigenvalue weighted by Crippen LogP contribution is 2.34. The number of fused-ring (bicyclic) bond motifs is 1. The Balaban J connectivity index is 1.99. The summed E-state index contributed by atoms with van der Waals surface area (Å²) >= 11 is 6.11. The number of nitrogens with one attached hydrogen (secondary N) is 1. The summed E-state index contributed by atoms with van der Waals surface area (Å²) in [5, 5.41) is 1.62. The number of rotatable bonds is 3. The van der Waals surface area contributed by atoms with Gasteiger partial charge in [0.25, 0.3) is 0 Å². The van der Waals surface area contributed by atoms with E-state index in [1.807, 2.05) is 24.3 Å². The van der Waals surface area contributed by atoms with Crippen LogP contribution in [0.25, 0.3) is 11.0 Å². The highest BCUT2D eigenvalue weighted by molar-refractivity contribution is 6.34. The SMILES string of the molecule is NNC(c1cc2cccc(Cl)c2o1)C1CCOC1. The number of hydrogen-bond donors (Lipinski definition) is 2. The van der Waals surface area contributed by atoms with E-state index in [2.05, 4.69) is 5.43 Å². The van der Waals surface area contributed by atoms with Crippen molar-refractivity contribution >= 4 is 22.6 Å². The molecule has 5 heteroatoms. The summed E-state index contributed by atoms with van der Waals surface area (Å²) in [6.45, 7) is 1.49. The molecule has 1 saturated heterocycles. The number of halogens is 1. The van der Waals surface area contributed by atoms with Crippen molar-refractivity contribution in [3.63, 3.8) is 0 Å². The van der Waals surface area contributed by atoms with E-state index in [-0.39, 0.29) is 6.04 Å². The monoisotopic (exact) mass is 266 g/mol. The lowest BCUT2D eigenvalue weighted by Gasteiger charge is -2.18. The molecule has 1 fully saturated rings. The van der Waals surface area contributed by atoms with E-state index in [1.54, 1.807) is 0 Å². The molecule has 2 atom stereocenters. The average molecular weight is 267 g/mol. The predicted molar refractivity (Wildman–Crippen MR) is 70.2 cm³/mol. The van der Waals surface area contributed by atoms with Crippen LogP contribution in [0, 0.1) is 5.92 Å². The highest BCUT2D eigenvalue weighted by Gasteiger charge is 2.29. The molecule has 1 aliphatic rings. The molecular formula is C13H15ClN2O2. The third-order valence-electron chi connectivity index (χ3n) is 3.44. The Bertz CT molecular complexity index is 549. The standard InChI is InChI=1S/C13H15ClN2O2/c14-10-3-1-2-8-6-11(18-13(8)10)12(16-15)9-4-5-17-7-9/h1-3,6,9,12,16H,4-5,7,15H2. The van der Waals surface area contributed by atoms with Gasteiger partial charge < -0.3 is 9.15 Å². The number of para-hydroxylation sites is 1. The van der Waals surface area contributed by atoms with Gasteiger partial charge in [-0.1, -0.05) is 23.7 Å². The highest BCUT2D eigenvalue weighted by atomic mass is 35.5. The van der Waals surface area contributed by atoms with Gasteiger partial charge in [0.1, 0.15) is 5.76 Å². The topological polar surface area (TPSA) is 60.4 Å². The van der Waals surface area contributed by atoms with Crippen molar-refractivity contribution in [2.24, 2.45) is 11.8 Å². The first-order chi connectivity index (χ1) is 8.79. The molecule has 0 amide bonds. The predicted octanol–water partition coefficient (Wildman–Crippen LogP) is 2.63. The molecule has 3 N–H and O–H groups in total. The fourth-order valence-corrected chi connectivity index (χ4v) is 2.69. The molecule has 0 radical (unpaired) electrons. The van der Waals surface area contributed by atoms with Crippen LogP contribution < -0.4 is 11.3 Å². The molecular weight excluding hydrogens is 252 g/mol. The van der Waals surface area contributed by atoms with Crippen LogP contribution in [0.2, 0.25) is 5.02 Å². The van der Waals surface area contributed by atoms with Crippen molar-refractivity contribution in [1.29, 1.82) is 0 Å². The summed E-state index contributed by atoms with van der Waals surface area (Å²) in [5.41, 5.74) is 3.54. The van der Waals surface area contributed by atoms with Gasteiger partial charge in [-0.2, -0.15) is 0 Å². The van der Waals surface area contributed by atoms with Crippen molar-refractivity contribution in [3.05, 3.63) is 35.0 Å². The third kappa shape index (κ3) is 2.01. The summed E-state index contributed by atoms with van der Waals surface area (Å²) in [5.74, 6) is 6.80. The zero-order valence-electron chi connectivity index (χ0n) is 9.86. The molecule has 0 saturated carbocycles. The van der Waals surface area contributed by atoms with Crippen LogP contribution in [0.4, 0.5) is 0 Å². The molecule has 4 nitrogen and oxygen atoms in total. The van der Waals surface area contributed by atoms with Crippen LogP contribution >= 0.6 is 11.6 Å². The first kappa shape index (κ1) is 12.0. The van der Waals surface area contributed by atoms with E-state index in [1.165, 1.54) is 0 Å². The lowest BCUT2D eigenvalue weighted by Crippen LogP contribution is -2.33. The fourth-order valence-electron chi connectivity index (χ4n) is 2.47. The largest absolute Gasteiger partial charge is 0.458 e. The minimum absolute atomic E-state index is 0.0315. The summed E-state index contributed by atoms with van der Waals surface area (Å²) in [6.07, 6.45) is 0.986. The molecule has 1 aliphatic heterocycles. The van der Waals surface area contributed by atoms with Crippen molar-refractivity contribution in [2.75, 3.05) is 13.2 Å². The number of nitrogens with two attached hydrogens (primary N) is 1. The zero-order chi connectivity index (χ0) is 12.5. The Morgan fingerprint density at radius 3 is 3.00 bits per heavy atom. The van der Waals surface area contributed by atoms with Gasteiger partial charge in [-0.25, -0.2) is 5.43 Å². The van der Waals surface area contributed by atoms with Crippen LogP contribution in [0.5, 0.6) is 0 Å². The minimum atomic E-state index is -0.0315. The van der Waals surface area contributed by atoms with Crippen molar-refractivity contribution in [3.8, 4) is 0 Å². The zero-order valence-corrected chi connectivity index (χ0v) is 10.6. The molecule has 96 valence electrons. The Morgan fingerprint density at radius 2 is 2.33 bits per heavy atom. The fraction of sp³-hybridized carbons (Fsp3) is 0.385. The normalized spacial score (nSPS) is 21.6. The first-order valence-electron chi connectivity index (χ1n) is 6.01. The molecule has 18 heavy (non-hydrogen) atoms. The van der Waals surface area contributed by atoms with Crippen LogP contribution in [0.15, 0.2) is 28.7 Å². The van der Waals surface area contributed by atoms with Crippen LogP contribution in [-0.2, 0) is 4.74 Å². The van der Waals surface area contributed by atoms with E-state index in [9.17, 15) is 0 Å². The quantitative estimate of drug-likeness (QED) is 0.662. The second-order valence-electron chi connectivity index (χ2n) is 4.57. The first-order valence-corrected chi connectivity index (χ1v) is 6.39. The van der Waals surface area contributed by atoms with Crippen molar-refractivity contribution in [1.82, 2.24) is 5.43 Å². The smallest absolute Gasteiger partial charge is 0.152 e. The van der Waals surface area contributed by atoms with E-state index < -0.39 is 0 Å². The number of benzene rings is 1. The Hall–Kier alpha value is -1.07. The minimum Gasteiger partial charge on any atom is -0.458 e. The van der Waals surface area contributed by atoms with Crippen LogP contribution in [0.3, 0.4) is 0 Å². The maximum Gasteiger partial charge on any atom is 0.152 e. The van der Waals surface area contributed by atoms with Crippen LogP contribution in [0.1, 0.15) is 18.2 Å². The van der Waals surface area contributed by atoms with Gasteiger partial charge in [0.05, 0.1) is 17.7 Å². The van der Waals surface area contributed by atoms with Gasteiger partial charge in [-0.3, -0.25) is 5.84 Å². The van der Waals surface area contributed by atoms with Gasteiger partial charge in [0, 0.05) is 17.9 Å². The maximum atomic E-state index is 6.11. The second-order valence-corrected chi connectivity index (χ2v) is 4.98. The number of ether oxygens (including phenoxy) is 1. The summed E-state index contributed by atoms with van der Waals surface area (Å²) in [4.78, 5) is 0. The van der Waals surface area contributed by atoms with Crippen LogP contribution in [-0.4, -0.2) is 13.2 Å². The Labute approximate surface area is 110 Å². The van der Waals surface area contributed by atoms with Crippen molar-refractivity contribution in [2.45, 2.75) is 12.5 Å². The molecule has 2 aromatic rings. The molecule has 1 aromatic heterocycles. The molecule has 1 aromatic carbocycles. The van der Waals surface area contributed by atoms with Gasteiger partial charge >= 0.3 is 0 Å². The van der Waals surface area contributed by atoms with Gasteiger partial charge in [-0.05, 0) is 18.6 Å². The van der Waals surface area contributed by atoms with E-state index in [0.29, 0.717) is 23.1 Å². The summed E-state index contributed by atoms with van der Waals surface area (Å²) in [7, 11) is 0. The molecule has 0 bridgehead atoms. The molecule has 0 aliphatic carbocycles. The average Bonchev–Trinajstić information content (AvgIpc) is 3.00. The lowest BCUT2D eigenvalue weighted by atomic mass is 9.97. The Kier molecular flexibility index (Phi) is 3.26. The molecule has 2 heterocycles. The third-order valence-corrected chi connectivity index (χ3v) is 3.74. The van der Waals surface area contributed by atoms with E-state index >= 15 is 0 Å². The van der Waals surface area contributed by atoms with Gasteiger partial charge in [0.2, 0.25) is 0 Å². The Morgan fingerprint density at radius 1 is 1.44 bits per heavy atom. The molecule has 0 spiro atoms. The van der Waals surface area contributed by atoms with Crippen molar-refractivity contribution < 1.29 is 9.15 Å². The van der Waals surface area contributed by atoms with Gasteiger partial charge in [0.15, 0.2) is 5.58 Å². The molecule has 2 unspecified atom stereocenters. The lowest BCUT2D eigenvalue weighted by molar-refractivity contribution is 0.173. The number of furan rings is 1.